The second kappa shape index (κ2) is 8.57. The number of halogens is 1. The minimum Gasteiger partial charge on any atom is -0.497 e. The molecule has 15 heavy (non-hydrogen) atoms. The van der Waals surface area contributed by atoms with Gasteiger partial charge in [-0.25, -0.2) is 0 Å². The molecule has 1 N–H and O–H groups in total. The van der Waals surface area contributed by atoms with E-state index in [9.17, 15) is 0 Å². The molecule has 0 atom stereocenters. The van der Waals surface area contributed by atoms with Gasteiger partial charge in [0.25, 0.3) is 0 Å². The van der Waals surface area contributed by atoms with Gasteiger partial charge in [0.05, 0.1) is 7.11 Å². The van der Waals surface area contributed by atoms with Crippen LogP contribution in [0.25, 0.3) is 0 Å². The highest BCUT2D eigenvalue weighted by molar-refractivity contribution is 5.85. The number of nitrogens with one attached hydrogen (secondary N) is 1. The van der Waals surface area contributed by atoms with Gasteiger partial charge in [0.1, 0.15) is 5.75 Å². The number of unbranched alkanes of at least 4 members (excludes halogenated alkanes) is 1. The number of hydrogen-bond acceptors (Lipinski definition) is 2. The van der Waals surface area contributed by atoms with Gasteiger partial charge in [-0.05, 0) is 30.7 Å². The van der Waals surface area contributed by atoms with Crippen molar-refractivity contribution in [2.75, 3.05) is 13.7 Å². The molecule has 0 aromatic heterocycles. The first-order valence-electron chi connectivity index (χ1n) is 5.20. The van der Waals surface area contributed by atoms with Crippen molar-refractivity contribution < 1.29 is 4.74 Å². The van der Waals surface area contributed by atoms with Crippen LogP contribution in [-0.2, 0) is 6.54 Å². The molecule has 0 aliphatic heterocycles. The van der Waals surface area contributed by atoms with Crippen LogP contribution in [0.4, 0.5) is 0 Å². The van der Waals surface area contributed by atoms with E-state index in [1.807, 2.05) is 12.1 Å². The molecule has 0 spiro atoms. The Balaban J connectivity index is 0.00000196. The van der Waals surface area contributed by atoms with Crippen LogP contribution in [0.1, 0.15) is 25.3 Å². The molecular weight excluding hydrogens is 210 g/mol. The first-order chi connectivity index (χ1) is 6.86. The Kier molecular flexibility index (Phi) is 8.15. The van der Waals surface area contributed by atoms with E-state index < -0.39 is 0 Å². The van der Waals surface area contributed by atoms with Crippen LogP contribution in [0.3, 0.4) is 0 Å². The van der Waals surface area contributed by atoms with Crippen LogP contribution in [0, 0.1) is 0 Å². The maximum absolute atomic E-state index is 5.09. The maximum Gasteiger partial charge on any atom is 0.118 e. The van der Waals surface area contributed by atoms with Crippen molar-refractivity contribution in [3.8, 4) is 5.75 Å². The monoisotopic (exact) mass is 229 g/mol. The van der Waals surface area contributed by atoms with Gasteiger partial charge in [-0.15, -0.1) is 12.4 Å². The predicted octanol–water partition coefficient (Wildman–Crippen LogP) is 3.01. The zero-order chi connectivity index (χ0) is 10.2. The minimum atomic E-state index is 0. The predicted molar refractivity (Wildman–Crippen MR) is 66.9 cm³/mol. The number of methoxy groups -OCH3 is 1. The topological polar surface area (TPSA) is 21.3 Å². The van der Waals surface area contributed by atoms with Crippen molar-refractivity contribution in [3.63, 3.8) is 0 Å². The molecule has 0 heterocycles. The van der Waals surface area contributed by atoms with E-state index in [1.54, 1.807) is 7.11 Å². The third-order valence-corrected chi connectivity index (χ3v) is 2.20. The lowest BCUT2D eigenvalue weighted by atomic mass is 10.2. The second-order valence-corrected chi connectivity index (χ2v) is 3.38. The smallest absolute Gasteiger partial charge is 0.118 e. The van der Waals surface area contributed by atoms with Crippen molar-refractivity contribution in [2.24, 2.45) is 0 Å². The molecule has 3 heteroatoms. The van der Waals surface area contributed by atoms with Crippen molar-refractivity contribution in [1.82, 2.24) is 5.32 Å². The van der Waals surface area contributed by atoms with E-state index in [4.69, 9.17) is 4.74 Å². The Morgan fingerprint density at radius 3 is 2.40 bits per heavy atom. The Morgan fingerprint density at radius 1 is 1.20 bits per heavy atom. The Labute approximate surface area is 98.4 Å². The summed E-state index contributed by atoms with van der Waals surface area (Å²) in [4.78, 5) is 0. The van der Waals surface area contributed by atoms with E-state index in [2.05, 4.69) is 24.4 Å². The number of benzene rings is 1. The van der Waals surface area contributed by atoms with Gasteiger partial charge in [-0.2, -0.15) is 0 Å². The summed E-state index contributed by atoms with van der Waals surface area (Å²) in [6, 6.07) is 8.18. The third-order valence-electron chi connectivity index (χ3n) is 2.20. The zero-order valence-electron chi connectivity index (χ0n) is 9.45. The fourth-order valence-electron chi connectivity index (χ4n) is 1.28. The van der Waals surface area contributed by atoms with Gasteiger partial charge >= 0.3 is 0 Å². The molecule has 0 unspecified atom stereocenters. The highest BCUT2D eigenvalue weighted by Crippen LogP contribution is 2.10. The standard InChI is InChI=1S/C12H19NO.ClH/c1-3-4-9-13-10-11-5-7-12(14-2)8-6-11;/h5-8,13H,3-4,9-10H2,1-2H3;1H. The molecule has 86 valence electrons. The first-order valence-corrected chi connectivity index (χ1v) is 5.20. The molecule has 1 rings (SSSR count). The lowest BCUT2D eigenvalue weighted by Crippen LogP contribution is -2.14. The number of hydrogen-bond donors (Lipinski definition) is 1. The Hall–Kier alpha value is -0.730. The Bertz CT molecular complexity index is 248. The molecule has 1 aromatic carbocycles. The number of rotatable bonds is 6. The van der Waals surface area contributed by atoms with Gasteiger partial charge < -0.3 is 10.1 Å². The summed E-state index contributed by atoms with van der Waals surface area (Å²) in [5.74, 6) is 0.919. The number of ether oxygens (including phenoxy) is 1. The summed E-state index contributed by atoms with van der Waals surface area (Å²) in [6.07, 6.45) is 2.49. The average molecular weight is 230 g/mol. The van der Waals surface area contributed by atoms with E-state index in [-0.39, 0.29) is 12.4 Å². The SMILES string of the molecule is CCCCNCc1ccc(OC)cc1.Cl. The molecule has 0 bridgehead atoms. The summed E-state index contributed by atoms with van der Waals surface area (Å²) in [5.41, 5.74) is 1.31. The van der Waals surface area contributed by atoms with E-state index >= 15 is 0 Å². The molecule has 0 aliphatic rings. The fourth-order valence-corrected chi connectivity index (χ4v) is 1.28. The maximum atomic E-state index is 5.09. The summed E-state index contributed by atoms with van der Waals surface area (Å²) < 4.78 is 5.09. The summed E-state index contributed by atoms with van der Waals surface area (Å²) in [5, 5.41) is 3.40. The van der Waals surface area contributed by atoms with Crippen LogP contribution in [0.5, 0.6) is 5.75 Å². The Morgan fingerprint density at radius 2 is 1.87 bits per heavy atom. The van der Waals surface area contributed by atoms with Crippen LogP contribution < -0.4 is 10.1 Å². The fraction of sp³-hybridized carbons (Fsp3) is 0.500. The molecule has 0 amide bonds. The van der Waals surface area contributed by atoms with E-state index in [1.165, 1.54) is 18.4 Å². The quantitative estimate of drug-likeness (QED) is 0.758. The van der Waals surface area contributed by atoms with Crippen LogP contribution in [-0.4, -0.2) is 13.7 Å². The normalized spacial score (nSPS) is 9.47. The molecular formula is C12H20ClNO. The van der Waals surface area contributed by atoms with Gasteiger partial charge in [0.15, 0.2) is 0 Å². The lowest BCUT2D eigenvalue weighted by molar-refractivity contribution is 0.414. The van der Waals surface area contributed by atoms with Crippen LogP contribution in [0.15, 0.2) is 24.3 Å². The molecule has 0 fully saturated rings. The highest BCUT2D eigenvalue weighted by Gasteiger charge is 1.93. The van der Waals surface area contributed by atoms with Crippen molar-refractivity contribution in [1.29, 1.82) is 0 Å². The van der Waals surface area contributed by atoms with Crippen LogP contribution in [0.2, 0.25) is 0 Å². The zero-order valence-corrected chi connectivity index (χ0v) is 10.3. The lowest BCUT2D eigenvalue weighted by Gasteiger charge is -2.04. The van der Waals surface area contributed by atoms with Crippen molar-refractivity contribution in [2.45, 2.75) is 26.3 Å². The molecule has 0 saturated carbocycles. The van der Waals surface area contributed by atoms with Gasteiger partial charge in [0.2, 0.25) is 0 Å². The molecule has 1 aromatic rings. The van der Waals surface area contributed by atoms with Crippen LogP contribution >= 0.6 is 12.4 Å². The summed E-state index contributed by atoms with van der Waals surface area (Å²) >= 11 is 0. The van der Waals surface area contributed by atoms with Crippen molar-refractivity contribution in [3.05, 3.63) is 29.8 Å². The van der Waals surface area contributed by atoms with E-state index in [0.29, 0.717) is 0 Å². The van der Waals surface area contributed by atoms with Crippen molar-refractivity contribution >= 4 is 12.4 Å². The molecule has 0 aliphatic carbocycles. The first kappa shape index (κ1) is 14.3. The minimum absolute atomic E-state index is 0. The van der Waals surface area contributed by atoms with Gasteiger partial charge in [-0.3, -0.25) is 0 Å². The van der Waals surface area contributed by atoms with Gasteiger partial charge in [0, 0.05) is 6.54 Å². The second-order valence-electron chi connectivity index (χ2n) is 3.38. The molecule has 0 saturated heterocycles. The largest absolute Gasteiger partial charge is 0.497 e. The third kappa shape index (κ3) is 5.65. The summed E-state index contributed by atoms with van der Waals surface area (Å²) in [7, 11) is 1.69. The molecule has 2 nitrogen and oxygen atoms in total. The van der Waals surface area contributed by atoms with E-state index in [0.717, 1.165) is 18.8 Å². The average Bonchev–Trinajstić information content (AvgIpc) is 2.25. The summed E-state index contributed by atoms with van der Waals surface area (Å²) in [6.45, 7) is 4.25. The highest BCUT2D eigenvalue weighted by atomic mass is 35.5. The molecule has 0 radical (unpaired) electrons. The van der Waals surface area contributed by atoms with Gasteiger partial charge in [-0.1, -0.05) is 25.5 Å².